The van der Waals surface area contributed by atoms with Gasteiger partial charge in [0.05, 0.1) is 5.75 Å². The number of carboxylic acid groups (broad SMARTS) is 1. The standard InChI is InChI=1S/C11H12ClFO3S/c1-11(2,10(14)15)17(16)6-7-5-8(13)3-4-9(7)12/h3-5H,6H2,1-2H3,(H,14,15). The first-order chi connectivity index (χ1) is 7.75. The van der Waals surface area contributed by atoms with E-state index in [1.54, 1.807) is 0 Å². The van der Waals surface area contributed by atoms with Crippen molar-refractivity contribution >= 4 is 28.4 Å². The Morgan fingerprint density at radius 3 is 2.65 bits per heavy atom. The van der Waals surface area contributed by atoms with E-state index in [4.69, 9.17) is 16.7 Å². The number of aliphatic carboxylic acids is 1. The van der Waals surface area contributed by atoms with Gasteiger partial charge in [-0.15, -0.1) is 0 Å². The van der Waals surface area contributed by atoms with E-state index in [0.717, 1.165) is 6.07 Å². The predicted octanol–water partition coefficient (Wildman–Crippen LogP) is 2.59. The molecule has 17 heavy (non-hydrogen) atoms. The van der Waals surface area contributed by atoms with Crippen molar-refractivity contribution in [3.63, 3.8) is 0 Å². The summed E-state index contributed by atoms with van der Waals surface area (Å²) < 4.78 is 23.5. The zero-order valence-electron chi connectivity index (χ0n) is 9.37. The summed E-state index contributed by atoms with van der Waals surface area (Å²) in [5, 5.41) is 9.19. The minimum absolute atomic E-state index is 0.0874. The average molecular weight is 279 g/mol. The maximum atomic E-state index is 13.0. The maximum absolute atomic E-state index is 13.0. The minimum Gasteiger partial charge on any atom is -0.480 e. The zero-order chi connectivity index (χ0) is 13.2. The zero-order valence-corrected chi connectivity index (χ0v) is 10.9. The summed E-state index contributed by atoms with van der Waals surface area (Å²) in [6, 6.07) is 3.71. The van der Waals surface area contributed by atoms with E-state index in [1.165, 1.54) is 26.0 Å². The lowest BCUT2D eigenvalue weighted by Gasteiger charge is -2.18. The second-order valence-electron chi connectivity index (χ2n) is 4.04. The number of halogens is 2. The molecule has 0 amide bonds. The number of benzene rings is 1. The molecule has 0 saturated heterocycles. The molecule has 94 valence electrons. The monoisotopic (exact) mass is 278 g/mol. The number of hydrogen-bond acceptors (Lipinski definition) is 2. The van der Waals surface area contributed by atoms with Crippen LogP contribution in [0.15, 0.2) is 18.2 Å². The Hall–Kier alpha value is -0.940. The largest absolute Gasteiger partial charge is 0.480 e. The van der Waals surface area contributed by atoms with Gasteiger partial charge in [-0.1, -0.05) is 11.6 Å². The van der Waals surface area contributed by atoms with E-state index in [0.29, 0.717) is 5.56 Å². The Balaban J connectivity index is 2.96. The third-order valence-electron chi connectivity index (χ3n) is 2.38. The first-order valence-corrected chi connectivity index (χ1v) is 6.50. The lowest BCUT2D eigenvalue weighted by atomic mass is 10.2. The Morgan fingerprint density at radius 1 is 1.53 bits per heavy atom. The van der Waals surface area contributed by atoms with Crippen molar-refractivity contribution in [1.29, 1.82) is 0 Å². The van der Waals surface area contributed by atoms with Gasteiger partial charge in [0, 0.05) is 15.8 Å². The fourth-order valence-corrected chi connectivity index (χ4v) is 2.41. The Bertz CT molecular complexity index is 474. The highest BCUT2D eigenvalue weighted by Crippen LogP contribution is 2.23. The van der Waals surface area contributed by atoms with Gasteiger partial charge in [-0.05, 0) is 37.6 Å². The van der Waals surface area contributed by atoms with Gasteiger partial charge in [-0.25, -0.2) is 4.39 Å². The number of carboxylic acids is 1. The SMILES string of the molecule is CC(C)(C(=O)O)S(=O)Cc1cc(F)ccc1Cl. The van der Waals surface area contributed by atoms with E-state index in [2.05, 4.69) is 0 Å². The highest BCUT2D eigenvalue weighted by molar-refractivity contribution is 7.86. The first-order valence-electron chi connectivity index (χ1n) is 4.81. The molecule has 1 rings (SSSR count). The van der Waals surface area contributed by atoms with Crippen LogP contribution in [-0.2, 0) is 21.3 Å². The first kappa shape index (κ1) is 14.1. The van der Waals surface area contributed by atoms with Crippen molar-refractivity contribution in [2.45, 2.75) is 24.3 Å². The third kappa shape index (κ3) is 3.26. The summed E-state index contributed by atoms with van der Waals surface area (Å²) in [5.41, 5.74) is 0.347. The molecule has 0 bridgehead atoms. The predicted molar refractivity (Wildman–Crippen MR) is 65.0 cm³/mol. The lowest BCUT2D eigenvalue weighted by Crippen LogP contribution is -2.37. The topological polar surface area (TPSA) is 54.4 Å². The molecule has 1 aromatic rings. The molecular weight excluding hydrogens is 267 g/mol. The van der Waals surface area contributed by atoms with Crippen LogP contribution in [0.4, 0.5) is 4.39 Å². The van der Waals surface area contributed by atoms with Crippen molar-refractivity contribution in [2.24, 2.45) is 0 Å². The highest BCUT2D eigenvalue weighted by Gasteiger charge is 2.34. The summed E-state index contributed by atoms with van der Waals surface area (Å²) in [6.07, 6.45) is 0. The van der Waals surface area contributed by atoms with E-state index in [9.17, 15) is 13.4 Å². The number of hydrogen-bond donors (Lipinski definition) is 1. The molecule has 0 saturated carbocycles. The van der Waals surface area contributed by atoms with Gasteiger partial charge in [-0.3, -0.25) is 9.00 Å². The molecule has 1 N–H and O–H groups in total. The molecule has 1 aromatic carbocycles. The van der Waals surface area contributed by atoms with E-state index in [-0.39, 0.29) is 10.8 Å². The molecule has 0 aliphatic heterocycles. The van der Waals surface area contributed by atoms with Gasteiger partial charge >= 0.3 is 5.97 Å². The smallest absolute Gasteiger partial charge is 0.321 e. The summed E-state index contributed by atoms with van der Waals surface area (Å²) in [6.45, 7) is 2.72. The van der Waals surface area contributed by atoms with Crippen LogP contribution in [0.1, 0.15) is 19.4 Å². The van der Waals surface area contributed by atoms with Crippen molar-refractivity contribution in [1.82, 2.24) is 0 Å². The molecule has 0 aromatic heterocycles. The molecule has 0 heterocycles. The fourth-order valence-electron chi connectivity index (χ4n) is 1.07. The third-order valence-corrected chi connectivity index (χ3v) is 4.63. The second kappa shape index (κ2) is 5.14. The Labute approximate surface area is 106 Å². The van der Waals surface area contributed by atoms with Crippen LogP contribution in [-0.4, -0.2) is 20.0 Å². The maximum Gasteiger partial charge on any atom is 0.321 e. The molecule has 1 unspecified atom stereocenters. The molecule has 3 nitrogen and oxygen atoms in total. The van der Waals surface area contributed by atoms with Crippen LogP contribution < -0.4 is 0 Å². The molecule has 0 aliphatic rings. The average Bonchev–Trinajstić information content (AvgIpc) is 2.23. The van der Waals surface area contributed by atoms with Crippen LogP contribution in [0.3, 0.4) is 0 Å². The van der Waals surface area contributed by atoms with Crippen LogP contribution in [0, 0.1) is 5.82 Å². The lowest BCUT2D eigenvalue weighted by molar-refractivity contribution is -0.139. The summed E-state index contributed by atoms with van der Waals surface area (Å²) in [7, 11) is -1.68. The van der Waals surface area contributed by atoms with Crippen molar-refractivity contribution in [2.75, 3.05) is 0 Å². The van der Waals surface area contributed by atoms with Crippen LogP contribution in [0.5, 0.6) is 0 Å². The summed E-state index contributed by atoms with van der Waals surface area (Å²) in [4.78, 5) is 10.9. The van der Waals surface area contributed by atoms with Gasteiger partial charge in [0.15, 0.2) is 0 Å². The summed E-state index contributed by atoms with van der Waals surface area (Å²) in [5.74, 6) is -1.74. The summed E-state index contributed by atoms with van der Waals surface area (Å²) >= 11 is 5.82. The van der Waals surface area contributed by atoms with Crippen LogP contribution in [0.2, 0.25) is 5.02 Å². The quantitative estimate of drug-likeness (QED) is 0.921. The molecular formula is C11H12ClFO3S. The van der Waals surface area contributed by atoms with Gasteiger partial charge in [0.2, 0.25) is 0 Å². The number of rotatable bonds is 4. The minimum atomic E-state index is -1.68. The molecule has 0 spiro atoms. The van der Waals surface area contributed by atoms with Gasteiger partial charge in [0.1, 0.15) is 10.6 Å². The molecule has 6 heteroatoms. The molecule has 1 atom stereocenters. The van der Waals surface area contributed by atoms with E-state index < -0.39 is 27.3 Å². The van der Waals surface area contributed by atoms with Gasteiger partial charge < -0.3 is 5.11 Å². The van der Waals surface area contributed by atoms with Crippen LogP contribution >= 0.6 is 11.6 Å². The molecule has 0 aliphatic carbocycles. The van der Waals surface area contributed by atoms with Gasteiger partial charge in [-0.2, -0.15) is 0 Å². The van der Waals surface area contributed by atoms with Gasteiger partial charge in [0.25, 0.3) is 0 Å². The normalized spacial score (nSPS) is 13.4. The van der Waals surface area contributed by atoms with Crippen LogP contribution in [0.25, 0.3) is 0 Å². The van der Waals surface area contributed by atoms with Crippen molar-refractivity contribution in [3.8, 4) is 0 Å². The Morgan fingerprint density at radius 2 is 2.12 bits per heavy atom. The van der Waals surface area contributed by atoms with Crippen molar-refractivity contribution < 1.29 is 18.5 Å². The van der Waals surface area contributed by atoms with E-state index >= 15 is 0 Å². The molecule has 0 fully saturated rings. The van der Waals surface area contributed by atoms with Crippen molar-refractivity contribution in [3.05, 3.63) is 34.6 Å². The fraction of sp³-hybridized carbons (Fsp3) is 0.364. The Kier molecular flexibility index (Phi) is 4.27. The second-order valence-corrected chi connectivity index (χ2v) is 6.45. The highest BCUT2D eigenvalue weighted by atomic mass is 35.5. The molecule has 0 radical (unpaired) electrons. The number of carbonyl (C=O) groups is 1. The van der Waals surface area contributed by atoms with E-state index in [1.807, 2.05) is 0 Å².